The molecule has 0 saturated heterocycles. The van der Waals surface area contributed by atoms with Crippen LogP contribution in [0.4, 0.5) is 10.7 Å². The SMILES string of the molecule is COc1ccc(NC(=O)c2c(NCc3cccs3)sc3c2CC[C@@H](C)C3)c(OC)c1. The Balaban J connectivity index is 1.63. The molecule has 0 saturated carbocycles. The van der Waals surface area contributed by atoms with Gasteiger partial charge < -0.3 is 20.1 Å². The Labute approximate surface area is 185 Å². The molecule has 4 rings (SSSR count). The summed E-state index contributed by atoms with van der Waals surface area (Å²) in [6.45, 7) is 3.00. The minimum Gasteiger partial charge on any atom is -0.497 e. The number of ether oxygens (including phenoxy) is 2. The highest BCUT2D eigenvalue weighted by Crippen LogP contribution is 2.41. The van der Waals surface area contributed by atoms with Crippen molar-refractivity contribution in [2.75, 3.05) is 24.9 Å². The van der Waals surface area contributed by atoms with Crippen LogP contribution in [0.2, 0.25) is 0 Å². The molecule has 0 radical (unpaired) electrons. The fourth-order valence-corrected chi connectivity index (χ4v) is 5.83. The van der Waals surface area contributed by atoms with Gasteiger partial charge in [-0.15, -0.1) is 22.7 Å². The molecule has 0 bridgehead atoms. The van der Waals surface area contributed by atoms with Crippen molar-refractivity contribution >= 4 is 39.3 Å². The van der Waals surface area contributed by atoms with E-state index in [4.69, 9.17) is 9.47 Å². The number of hydrogen-bond donors (Lipinski definition) is 2. The van der Waals surface area contributed by atoms with Crippen LogP contribution in [-0.4, -0.2) is 20.1 Å². The first-order valence-electron chi connectivity index (χ1n) is 10.0. The van der Waals surface area contributed by atoms with Crippen molar-refractivity contribution in [3.05, 3.63) is 56.6 Å². The van der Waals surface area contributed by atoms with Crippen molar-refractivity contribution in [2.24, 2.45) is 5.92 Å². The van der Waals surface area contributed by atoms with Gasteiger partial charge in [0.15, 0.2) is 0 Å². The first kappa shape index (κ1) is 20.8. The molecule has 158 valence electrons. The lowest BCUT2D eigenvalue weighted by atomic mass is 9.88. The predicted molar refractivity (Wildman–Crippen MR) is 125 cm³/mol. The molecule has 5 nitrogen and oxygen atoms in total. The second-order valence-electron chi connectivity index (χ2n) is 7.51. The Morgan fingerprint density at radius 2 is 2.10 bits per heavy atom. The summed E-state index contributed by atoms with van der Waals surface area (Å²) in [5.74, 6) is 1.82. The number of anilines is 2. The summed E-state index contributed by atoms with van der Waals surface area (Å²) < 4.78 is 10.7. The van der Waals surface area contributed by atoms with Gasteiger partial charge in [0.1, 0.15) is 16.5 Å². The summed E-state index contributed by atoms with van der Waals surface area (Å²) in [7, 11) is 3.20. The number of carbonyl (C=O) groups is 1. The van der Waals surface area contributed by atoms with Crippen LogP contribution in [0, 0.1) is 5.92 Å². The van der Waals surface area contributed by atoms with Crippen LogP contribution in [0.1, 0.15) is 39.0 Å². The van der Waals surface area contributed by atoms with E-state index in [2.05, 4.69) is 29.0 Å². The zero-order chi connectivity index (χ0) is 21.1. The minimum absolute atomic E-state index is 0.0980. The number of amides is 1. The Bertz CT molecular complexity index is 1030. The third kappa shape index (κ3) is 4.32. The molecular weight excluding hydrogens is 416 g/mol. The second kappa shape index (κ2) is 9.10. The molecule has 1 amide bonds. The summed E-state index contributed by atoms with van der Waals surface area (Å²) in [4.78, 5) is 16.0. The topological polar surface area (TPSA) is 59.6 Å². The highest BCUT2D eigenvalue weighted by Gasteiger charge is 2.28. The Kier molecular flexibility index (Phi) is 6.29. The molecule has 2 N–H and O–H groups in total. The lowest BCUT2D eigenvalue weighted by molar-refractivity contribution is 0.102. The maximum atomic E-state index is 13.4. The number of rotatable bonds is 7. The highest BCUT2D eigenvalue weighted by molar-refractivity contribution is 7.16. The molecule has 0 spiro atoms. The van der Waals surface area contributed by atoms with Crippen LogP contribution >= 0.6 is 22.7 Å². The second-order valence-corrected chi connectivity index (χ2v) is 9.65. The van der Waals surface area contributed by atoms with E-state index in [9.17, 15) is 4.79 Å². The van der Waals surface area contributed by atoms with E-state index in [0.29, 0.717) is 23.1 Å². The smallest absolute Gasteiger partial charge is 0.259 e. The maximum absolute atomic E-state index is 13.4. The summed E-state index contributed by atoms with van der Waals surface area (Å²) in [6.07, 6.45) is 3.09. The van der Waals surface area contributed by atoms with Crippen molar-refractivity contribution < 1.29 is 14.3 Å². The van der Waals surface area contributed by atoms with E-state index in [0.717, 1.165) is 36.4 Å². The van der Waals surface area contributed by atoms with Crippen LogP contribution < -0.4 is 20.1 Å². The van der Waals surface area contributed by atoms with Crippen LogP contribution in [-0.2, 0) is 19.4 Å². The molecule has 1 aromatic carbocycles. The third-order valence-electron chi connectivity index (χ3n) is 5.40. The number of carbonyl (C=O) groups excluding carboxylic acids is 1. The number of nitrogens with one attached hydrogen (secondary N) is 2. The van der Waals surface area contributed by atoms with Crippen molar-refractivity contribution in [3.8, 4) is 11.5 Å². The molecule has 1 aliphatic rings. The third-order valence-corrected chi connectivity index (χ3v) is 7.49. The predicted octanol–water partition coefficient (Wildman–Crippen LogP) is 5.82. The Morgan fingerprint density at radius 3 is 2.83 bits per heavy atom. The van der Waals surface area contributed by atoms with Gasteiger partial charge in [-0.05, 0) is 54.3 Å². The summed E-state index contributed by atoms with van der Waals surface area (Å²) in [5.41, 5.74) is 2.60. The van der Waals surface area contributed by atoms with E-state index in [-0.39, 0.29) is 5.91 Å². The fourth-order valence-electron chi connectivity index (χ4n) is 3.78. The van der Waals surface area contributed by atoms with Crippen molar-refractivity contribution in [1.82, 2.24) is 0 Å². The van der Waals surface area contributed by atoms with E-state index >= 15 is 0 Å². The Morgan fingerprint density at radius 1 is 1.23 bits per heavy atom. The zero-order valence-corrected chi connectivity index (χ0v) is 19.0. The molecule has 1 atom stereocenters. The lowest BCUT2D eigenvalue weighted by Gasteiger charge is -2.19. The van der Waals surface area contributed by atoms with Crippen molar-refractivity contribution in [1.29, 1.82) is 0 Å². The van der Waals surface area contributed by atoms with Gasteiger partial charge in [0.2, 0.25) is 0 Å². The van der Waals surface area contributed by atoms with E-state index in [1.165, 1.54) is 15.3 Å². The molecule has 0 fully saturated rings. The first-order valence-corrected chi connectivity index (χ1v) is 11.7. The molecule has 2 aromatic heterocycles. The van der Waals surface area contributed by atoms with Gasteiger partial charge in [-0.3, -0.25) is 4.79 Å². The number of fused-ring (bicyclic) bond motifs is 1. The molecule has 0 unspecified atom stereocenters. The van der Waals surface area contributed by atoms with Gasteiger partial charge >= 0.3 is 0 Å². The summed E-state index contributed by atoms with van der Waals surface area (Å²) in [5, 5.41) is 9.60. The van der Waals surface area contributed by atoms with E-state index in [1.54, 1.807) is 43.0 Å². The molecule has 7 heteroatoms. The highest BCUT2D eigenvalue weighted by atomic mass is 32.1. The normalized spacial score (nSPS) is 15.4. The molecule has 1 aliphatic carbocycles. The van der Waals surface area contributed by atoms with Gasteiger partial charge in [0.25, 0.3) is 5.91 Å². The monoisotopic (exact) mass is 442 g/mol. The van der Waals surface area contributed by atoms with Crippen LogP contribution in [0.5, 0.6) is 11.5 Å². The molecule has 3 aromatic rings. The number of thiophene rings is 2. The van der Waals surface area contributed by atoms with E-state index < -0.39 is 0 Å². The first-order chi connectivity index (χ1) is 14.6. The number of methoxy groups -OCH3 is 2. The van der Waals surface area contributed by atoms with Gasteiger partial charge in [0.05, 0.1) is 32.0 Å². The van der Waals surface area contributed by atoms with Gasteiger partial charge in [-0.25, -0.2) is 0 Å². The van der Waals surface area contributed by atoms with Gasteiger partial charge in [-0.1, -0.05) is 13.0 Å². The van der Waals surface area contributed by atoms with Crippen molar-refractivity contribution in [3.63, 3.8) is 0 Å². The molecular formula is C23H26N2O3S2. The van der Waals surface area contributed by atoms with Crippen LogP contribution in [0.15, 0.2) is 35.7 Å². The quantitative estimate of drug-likeness (QED) is 0.484. The van der Waals surface area contributed by atoms with Gasteiger partial charge in [-0.2, -0.15) is 0 Å². The average Bonchev–Trinajstić information content (AvgIpc) is 3.39. The fraction of sp³-hybridized carbons (Fsp3) is 0.348. The largest absolute Gasteiger partial charge is 0.497 e. The summed E-state index contributed by atoms with van der Waals surface area (Å²) in [6, 6.07) is 9.56. The maximum Gasteiger partial charge on any atom is 0.259 e. The molecule has 30 heavy (non-hydrogen) atoms. The van der Waals surface area contributed by atoms with E-state index in [1.807, 2.05) is 18.2 Å². The Hall–Kier alpha value is -2.51. The zero-order valence-electron chi connectivity index (χ0n) is 17.4. The standard InChI is InChI=1S/C23H26N2O3S2/c1-14-6-8-17-20(11-14)30-23(24-13-16-5-4-10-29-16)21(17)22(26)25-18-9-7-15(27-2)12-19(18)28-3/h4-5,7,9-10,12,14,24H,6,8,11,13H2,1-3H3,(H,25,26)/t14-/m1/s1. The number of benzene rings is 1. The summed E-state index contributed by atoms with van der Waals surface area (Å²) >= 11 is 3.44. The molecule has 0 aliphatic heterocycles. The number of hydrogen-bond acceptors (Lipinski definition) is 6. The van der Waals surface area contributed by atoms with Crippen molar-refractivity contribution in [2.45, 2.75) is 32.7 Å². The minimum atomic E-state index is -0.0980. The van der Waals surface area contributed by atoms with Crippen LogP contribution in [0.25, 0.3) is 0 Å². The molecule has 2 heterocycles. The lowest BCUT2D eigenvalue weighted by Crippen LogP contribution is -2.18. The average molecular weight is 443 g/mol. The van der Waals surface area contributed by atoms with Gasteiger partial charge in [0, 0.05) is 15.8 Å². The van der Waals surface area contributed by atoms with Crippen LogP contribution in [0.3, 0.4) is 0 Å².